The first kappa shape index (κ1) is 19.5. The van der Waals surface area contributed by atoms with Crippen LogP contribution in [-0.2, 0) is 16.1 Å². The highest BCUT2D eigenvalue weighted by Crippen LogP contribution is 2.32. The van der Waals surface area contributed by atoms with E-state index in [0.29, 0.717) is 29.5 Å². The molecule has 1 amide bonds. The van der Waals surface area contributed by atoms with Crippen molar-refractivity contribution in [3.05, 3.63) is 41.7 Å². The summed E-state index contributed by atoms with van der Waals surface area (Å²) in [6.07, 6.45) is 4.38. The van der Waals surface area contributed by atoms with Gasteiger partial charge in [0.2, 0.25) is 0 Å². The topological polar surface area (TPSA) is 102 Å². The molecule has 1 aromatic carbocycles. The van der Waals surface area contributed by atoms with Crippen molar-refractivity contribution in [2.45, 2.75) is 43.9 Å². The fraction of sp³-hybridized carbons (Fsp3) is 0.435. The van der Waals surface area contributed by atoms with Crippen LogP contribution >= 0.6 is 0 Å². The van der Waals surface area contributed by atoms with Crippen LogP contribution in [0, 0.1) is 0 Å². The number of fused-ring (bicyclic) bond motifs is 4. The molecule has 32 heavy (non-hydrogen) atoms. The van der Waals surface area contributed by atoms with Gasteiger partial charge in [-0.25, -0.2) is 19.3 Å². The summed E-state index contributed by atoms with van der Waals surface area (Å²) in [5.74, 6) is 1.02. The number of nitrogens with zero attached hydrogens (tertiary/aromatic N) is 3. The molecule has 4 heterocycles. The lowest BCUT2D eigenvalue weighted by Crippen LogP contribution is -2.52. The highest BCUT2D eigenvalue weighted by Gasteiger charge is 2.34. The third-order valence-corrected chi connectivity index (χ3v) is 6.67. The molecule has 9 heteroatoms. The summed E-state index contributed by atoms with van der Waals surface area (Å²) in [6, 6.07) is 8.14. The maximum atomic E-state index is 13.0. The van der Waals surface area contributed by atoms with Gasteiger partial charge in [-0.3, -0.25) is 0 Å². The number of hydrogen-bond donors (Lipinski definition) is 3. The number of amides is 1. The quantitative estimate of drug-likeness (QED) is 0.568. The number of pyridine rings is 1. The monoisotopic (exact) mass is 434 g/mol. The van der Waals surface area contributed by atoms with Crippen molar-refractivity contribution < 1.29 is 14.3 Å². The highest BCUT2D eigenvalue weighted by atomic mass is 16.5. The SMILES string of the molecule is CNc1cc2nc3c1ncn3C(=O)N[C@@H]1CC[C@H]1OCc1cc(cc(C3CCOC3)c1)N2. The molecule has 0 spiro atoms. The van der Waals surface area contributed by atoms with Crippen LogP contribution in [-0.4, -0.2) is 53.0 Å². The number of imidazole rings is 1. The van der Waals surface area contributed by atoms with E-state index in [-0.39, 0.29) is 18.2 Å². The van der Waals surface area contributed by atoms with E-state index >= 15 is 0 Å². The Kier molecular flexibility index (Phi) is 4.73. The average Bonchev–Trinajstić information content (AvgIpc) is 3.46. The van der Waals surface area contributed by atoms with Crippen molar-refractivity contribution in [1.82, 2.24) is 19.9 Å². The molecule has 3 aromatic rings. The molecular formula is C23H26N6O3. The van der Waals surface area contributed by atoms with Gasteiger partial charge in [-0.05, 0) is 42.5 Å². The van der Waals surface area contributed by atoms with Crippen LogP contribution in [0.25, 0.3) is 11.2 Å². The first-order valence-corrected chi connectivity index (χ1v) is 11.1. The van der Waals surface area contributed by atoms with Crippen molar-refractivity contribution in [3.8, 4) is 0 Å². The van der Waals surface area contributed by atoms with Crippen LogP contribution in [0.1, 0.15) is 36.3 Å². The summed E-state index contributed by atoms with van der Waals surface area (Å²) in [5, 5.41) is 9.70. The summed E-state index contributed by atoms with van der Waals surface area (Å²) in [5.41, 5.74) is 5.26. The lowest BCUT2D eigenvalue weighted by molar-refractivity contribution is -0.0323. The fourth-order valence-electron chi connectivity index (χ4n) is 4.71. The minimum Gasteiger partial charge on any atom is -0.386 e. The molecule has 1 saturated carbocycles. The highest BCUT2D eigenvalue weighted by molar-refractivity contribution is 5.94. The van der Waals surface area contributed by atoms with E-state index in [0.717, 1.165) is 49.4 Å². The van der Waals surface area contributed by atoms with Crippen molar-refractivity contribution in [3.63, 3.8) is 0 Å². The van der Waals surface area contributed by atoms with Gasteiger partial charge in [0.15, 0.2) is 5.65 Å². The van der Waals surface area contributed by atoms with Gasteiger partial charge in [0, 0.05) is 31.3 Å². The zero-order valence-electron chi connectivity index (χ0n) is 17.9. The zero-order valence-corrected chi connectivity index (χ0v) is 17.9. The zero-order chi connectivity index (χ0) is 21.7. The Balaban J connectivity index is 1.47. The number of anilines is 3. The number of nitrogens with one attached hydrogen (secondary N) is 3. The van der Waals surface area contributed by atoms with E-state index in [9.17, 15) is 4.79 Å². The average molecular weight is 435 g/mol. The third-order valence-electron chi connectivity index (χ3n) is 6.67. The van der Waals surface area contributed by atoms with Gasteiger partial charge in [-0.15, -0.1) is 0 Å². The van der Waals surface area contributed by atoms with E-state index in [1.807, 2.05) is 13.1 Å². The molecule has 2 aromatic heterocycles. The number of carbonyl (C=O) groups is 1. The van der Waals surface area contributed by atoms with Crippen LogP contribution in [0.4, 0.5) is 22.0 Å². The molecule has 1 aliphatic carbocycles. The molecule has 1 saturated heterocycles. The van der Waals surface area contributed by atoms with Crippen LogP contribution in [0.5, 0.6) is 0 Å². The molecule has 2 aliphatic heterocycles. The standard InChI is InChI=1S/C23H26N6O3/c1-24-18-9-20-26-16-7-13(6-15(8-16)14-4-5-31-11-14)10-32-19-3-2-17(19)27-23(30)29-12-25-21(18)22(29)28-20/h6-9,12,14,17,19H,2-5,10-11H2,1H3,(H,27,30)(H2,24,26,28)/t14?,17-,19-/m1/s1. The third kappa shape index (κ3) is 3.37. The Morgan fingerprint density at radius 3 is 2.91 bits per heavy atom. The molecule has 3 aliphatic rings. The Morgan fingerprint density at radius 2 is 2.12 bits per heavy atom. The predicted molar refractivity (Wildman–Crippen MR) is 121 cm³/mol. The number of ether oxygens (including phenoxy) is 2. The van der Waals surface area contributed by atoms with Crippen molar-refractivity contribution >= 4 is 34.4 Å². The van der Waals surface area contributed by atoms with Gasteiger partial charge in [-0.2, -0.15) is 0 Å². The van der Waals surface area contributed by atoms with Gasteiger partial charge in [0.1, 0.15) is 17.7 Å². The number of rotatable bonds is 2. The summed E-state index contributed by atoms with van der Waals surface area (Å²) < 4.78 is 13.3. The van der Waals surface area contributed by atoms with Crippen molar-refractivity contribution in [2.75, 3.05) is 30.9 Å². The minimum absolute atomic E-state index is 0.00273. The molecule has 6 rings (SSSR count). The molecule has 166 valence electrons. The second kappa shape index (κ2) is 7.75. The molecule has 0 radical (unpaired) electrons. The summed E-state index contributed by atoms with van der Waals surface area (Å²) in [6.45, 7) is 2.04. The van der Waals surface area contributed by atoms with Crippen molar-refractivity contribution in [1.29, 1.82) is 0 Å². The molecule has 9 nitrogen and oxygen atoms in total. The smallest absolute Gasteiger partial charge is 0.328 e. The van der Waals surface area contributed by atoms with Gasteiger partial charge in [0.05, 0.1) is 31.0 Å². The Labute approximate surface area is 185 Å². The van der Waals surface area contributed by atoms with Crippen LogP contribution in [0.2, 0.25) is 0 Å². The Hall–Kier alpha value is -3.17. The Bertz CT molecular complexity index is 1190. The van der Waals surface area contributed by atoms with E-state index in [2.05, 4.69) is 39.1 Å². The first-order chi connectivity index (χ1) is 15.7. The molecule has 3 atom stereocenters. The van der Waals surface area contributed by atoms with E-state index in [1.54, 1.807) is 0 Å². The van der Waals surface area contributed by atoms with Gasteiger partial charge in [0.25, 0.3) is 0 Å². The van der Waals surface area contributed by atoms with Crippen LogP contribution in [0.15, 0.2) is 30.6 Å². The Morgan fingerprint density at radius 1 is 1.19 bits per heavy atom. The molecule has 1 unspecified atom stereocenters. The fourth-order valence-corrected chi connectivity index (χ4v) is 4.71. The van der Waals surface area contributed by atoms with Gasteiger partial charge < -0.3 is 25.4 Å². The molecule has 4 bridgehead atoms. The van der Waals surface area contributed by atoms with E-state index in [1.165, 1.54) is 16.5 Å². The lowest BCUT2D eigenvalue weighted by atomic mass is 9.89. The summed E-state index contributed by atoms with van der Waals surface area (Å²) in [7, 11) is 1.84. The molecule has 3 N–H and O–H groups in total. The van der Waals surface area contributed by atoms with Crippen molar-refractivity contribution in [2.24, 2.45) is 0 Å². The van der Waals surface area contributed by atoms with Crippen LogP contribution in [0.3, 0.4) is 0 Å². The number of hydrogen-bond acceptors (Lipinski definition) is 7. The second-order valence-electron chi connectivity index (χ2n) is 8.72. The number of carbonyl (C=O) groups excluding carboxylic acids is 1. The maximum Gasteiger partial charge on any atom is 0.328 e. The lowest BCUT2D eigenvalue weighted by Gasteiger charge is -2.36. The maximum absolute atomic E-state index is 13.0. The largest absolute Gasteiger partial charge is 0.386 e. The molecule has 2 fully saturated rings. The van der Waals surface area contributed by atoms with Gasteiger partial charge >= 0.3 is 6.03 Å². The van der Waals surface area contributed by atoms with Crippen LogP contribution < -0.4 is 16.0 Å². The number of benzene rings is 1. The van der Waals surface area contributed by atoms with E-state index < -0.39 is 0 Å². The predicted octanol–water partition coefficient (Wildman–Crippen LogP) is 3.34. The minimum atomic E-state index is -0.239. The number of aromatic nitrogens is 3. The van der Waals surface area contributed by atoms with E-state index in [4.69, 9.17) is 14.5 Å². The first-order valence-electron chi connectivity index (χ1n) is 11.1. The normalized spacial score (nSPS) is 24.9. The summed E-state index contributed by atoms with van der Waals surface area (Å²) in [4.78, 5) is 22.1. The van der Waals surface area contributed by atoms with Gasteiger partial charge in [-0.1, -0.05) is 6.07 Å². The molecular weight excluding hydrogens is 408 g/mol. The second-order valence-corrected chi connectivity index (χ2v) is 8.72. The summed E-state index contributed by atoms with van der Waals surface area (Å²) >= 11 is 0.